The summed E-state index contributed by atoms with van der Waals surface area (Å²) >= 11 is 0. The molecule has 0 radical (unpaired) electrons. The monoisotopic (exact) mass is 285 g/mol. The van der Waals surface area contributed by atoms with Crippen LogP contribution in [0.1, 0.15) is 17.3 Å². The standard InChI is InChI=1S/C15H15N3O3/c1-2-16-14-12(9-6-10-13(14)18(20)21)15(19)17-11-7-4-3-5-8-11/h3-10,16H,2H2,1H3,(H,17,19). The molecule has 108 valence electrons. The maximum atomic E-state index is 12.3. The fourth-order valence-corrected chi connectivity index (χ4v) is 1.96. The van der Waals surface area contributed by atoms with Crippen LogP contribution in [0.5, 0.6) is 0 Å². The van der Waals surface area contributed by atoms with Crippen LogP contribution in [-0.4, -0.2) is 17.4 Å². The first-order chi connectivity index (χ1) is 10.1. The maximum absolute atomic E-state index is 12.3. The number of nitro benzene ring substituents is 1. The Morgan fingerprint density at radius 1 is 1.14 bits per heavy atom. The van der Waals surface area contributed by atoms with E-state index in [9.17, 15) is 14.9 Å². The van der Waals surface area contributed by atoms with Crippen molar-refractivity contribution in [2.75, 3.05) is 17.2 Å². The van der Waals surface area contributed by atoms with E-state index in [1.54, 1.807) is 30.3 Å². The quantitative estimate of drug-likeness (QED) is 0.652. The molecule has 1 amide bonds. The summed E-state index contributed by atoms with van der Waals surface area (Å²) in [4.78, 5) is 22.9. The molecule has 2 aromatic rings. The number of rotatable bonds is 5. The Kier molecular flexibility index (Phi) is 4.50. The fraction of sp³-hybridized carbons (Fsp3) is 0.133. The molecule has 0 heterocycles. The van der Waals surface area contributed by atoms with Crippen LogP contribution in [0.2, 0.25) is 0 Å². The number of nitrogens with zero attached hydrogens (tertiary/aromatic N) is 1. The molecular weight excluding hydrogens is 270 g/mol. The number of nitrogens with one attached hydrogen (secondary N) is 2. The minimum Gasteiger partial charge on any atom is -0.379 e. The summed E-state index contributed by atoms with van der Waals surface area (Å²) in [5.41, 5.74) is 1.00. The van der Waals surface area contributed by atoms with Crippen LogP contribution >= 0.6 is 0 Å². The summed E-state index contributed by atoms with van der Waals surface area (Å²) in [5.74, 6) is -0.388. The van der Waals surface area contributed by atoms with Crippen molar-refractivity contribution < 1.29 is 9.72 Å². The summed E-state index contributed by atoms with van der Waals surface area (Å²) in [6.45, 7) is 2.30. The second kappa shape index (κ2) is 6.51. The Morgan fingerprint density at radius 2 is 1.86 bits per heavy atom. The summed E-state index contributed by atoms with van der Waals surface area (Å²) < 4.78 is 0. The lowest BCUT2D eigenvalue weighted by atomic mass is 10.1. The number of para-hydroxylation sites is 2. The van der Waals surface area contributed by atoms with E-state index in [-0.39, 0.29) is 22.8 Å². The van der Waals surface area contributed by atoms with E-state index in [1.165, 1.54) is 12.1 Å². The number of hydrogen-bond donors (Lipinski definition) is 2. The highest BCUT2D eigenvalue weighted by Gasteiger charge is 2.21. The molecule has 0 spiro atoms. The molecule has 0 aliphatic carbocycles. The lowest BCUT2D eigenvalue weighted by molar-refractivity contribution is -0.384. The Morgan fingerprint density at radius 3 is 2.48 bits per heavy atom. The molecule has 2 rings (SSSR count). The summed E-state index contributed by atoms with van der Waals surface area (Å²) in [7, 11) is 0. The van der Waals surface area contributed by atoms with Gasteiger partial charge in [-0.2, -0.15) is 0 Å². The highest BCUT2D eigenvalue weighted by atomic mass is 16.6. The highest BCUT2D eigenvalue weighted by Crippen LogP contribution is 2.28. The number of nitro groups is 1. The smallest absolute Gasteiger partial charge is 0.293 e. The van der Waals surface area contributed by atoms with Crippen LogP contribution < -0.4 is 10.6 Å². The van der Waals surface area contributed by atoms with E-state index < -0.39 is 4.92 Å². The number of carbonyl (C=O) groups excluding carboxylic acids is 1. The van der Waals surface area contributed by atoms with E-state index in [0.29, 0.717) is 12.2 Å². The Labute approximate surface area is 121 Å². The number of carbonyl (C=O) groups is 1. The predicted octanol–water partition coefficient (Wildman–Crippen LogP) is 3.28. The molecule has 0 saturated heterocycles. The Bertz CT molecular complexity index is 656. The summed E-state index contributed by atoms with van der Waals surface area (Å²) in [6, 6.07) is 13.4. The number of amides is 1. The van der Waals surface area contributed by atoms with Crippen LogP contribution in [0.25, 0.3) is 0 Å². The third kappa shape index (κ3) is 3.36. The Hall–Kier alpha value is -2.89. The molecular formula is C15H15N3O3. The van der Waals surface area contributed by atoms with Gasteiger partial charge in [0.25, 0.3) is 11.6 Å². The van der Waals surface area contributed by atoms with Gasteiger partial charge in [0.1, 0.15) is 5.69 Å². The van der Waals surface area contributed by atoms with Gasteiger partial charge < -0.3 is 10.6 Å². The molecule has 0 atom stereocenters. The van der Waals surface area contributed by atoms with Crippen LogP contribution in [0.4, 0.5) is 17.1 Å². The van der Waals surface area contributed by atoms with E-state index in [1.807, 2.05) is 13.0 Å². The average molecular weight is 285 g/mol. The van der Waals surface area contributed by atoms with Crippen molar-refractivity contribution in [2.45, 2.75) is 6.92 Å². The second-order valence-corrected chi connectivity index (χ2v) is 4.31. The first kappa shape index (κ1) is 14.5. The van der Waals surface area contributed by atoms with Crippen molar-refractivity contribution in [3.05, 3.63) is 64.2 Å². The Balaban J connectivity index is 2.36. The molecule has 6 nitrogen and oxygen atoms in total. The average Bonchev–Trinajstić information content (AvgIpc) is 2.48. The zero-order valence-corrected chi connectivity index (χ0v) is 11.5. The van der Waals surface area contributed by atoms with Crippen molar-refractivity contribution >= 4 is 23.0 Å². The molecule has 6 heteroatoms. The SMILES string of the molecule is CCNc1c(C(=O)Nc2ccccc2)cccc1[N+](=O)[O-]. The number of benzene rings is 2. The topological polar surface area (TPSA) is 84.3 Å². The molecule has 0 aromatic heterocycles. The minimum atomic E-state index is -0.503. The van der Waals surface area contributed by atoms with Crippen molar-refractivity contribution in [1.29, 1.82) is 0 Å². The van der Waals surface area contributed by atoms with E-state index >= 15 is 0 Å². The van der Waals surface area contributed by atoms with Crippen LogP contribution in [0.15, 0.2) is 48.5 Å². The lowest BCUT2D eigenvalue weighted by Gasteiger charge is -2.11. The molecule has 2 N–H and O–H groups in total. The van der Waals surface area contributed by atoms with Crippen molar-refractivity contribution in [3.63, 3.8) is 0 Å². The van der Waals surface area contributed by atoms with Gasteiger partial charge in [-0.25, -0.2) is 0 Å². The molecule has 0 aliphatic heterocycles. The number of hydrogen-bond acceptors (Lipinski definition) is 4. The van der Waals surface area contributed by atoms with E-state index in [4.69, 9.17) is 0 Å². The van der Waals surface area contributed by atoms with Crippen LogP contribution in [0, 0.1) is 10.1 Å². The van der Waals surface area contributed by atoms with Crippen molar-refractivity contribution in [3.8, 4) is 0 Å². The van der Waals surface area contributed by atoms with Crippen LogP contribution in [-0.2, 0) is 0 Å². The number of anilines is 2. The fourth-order valence-electron chi connectivity index (χ4n) is 1.96. The van der Waals surface area contributed by atoms with Gasteiger partial charge in [0.05, 0.1) is 10.5 Å². The van der Waals surface area contributed by atoms with Gasteiger partial charge in [-0.1, -0.05) is 24.3 Å². The molecule has 0 aliphatic rings. The first-order valence-corrected chi connectivity index (χ1v) is 6.51. The van der Waals surface area contributed by atoms with E-state index in [2.05, 4.69) is 10.6 Å². The normalized spacial score (nSPS) is 9.95. The molecule has 21 heavy (non-hydrogen) atoms. The second-order valence-electron chi connectivity index (χ2n) is 4.31. The zero-order valence-electron chi connectivity index (χ0n) is 11.5. The first-order valence-electron chi connectivity index (χ1n) is 6.51. The minimum absolute atomic E-state index is 0.113. The van der Waals surface area contributed by atoms with Gasteiger partial charge in [-0.3, -0.25) is 14.9 Å². The molecule has 0 bridgehead atoms. The van der Waals surface area contributed by atoms with Crippen LogP contribution in [0.3, 0.4) is 0 Å². The maximum Gasteiger partial charge on any atom is 0.293 e. The summed E-state index contributed by atoms with van der Waals surface area (Å²) in [5, 5.41) is 16.7. The van der Waals surface area contributed by atoms with Gasteiger partial charge in [0, 0.05) is 18.3 Å². The lowest BCUT2D eigenvalue weighted by Crippen LogP contribution is -2.15. The van der Waals surface area contributed by atoms with Gasteiger partial charge in [0.15, 0.2) is 0 Å². The third-order valence-electron chi connectivity index (χ3n) is 2.87. The molecule has 0 fully saturated rings. The van der Waals surface area contributed by atoms with Gasteiger partial charge in [0.2, 0.25) is 0 Å². The van der Waals surface area contributed by atoms with Gasteiger partial charge in [-0.05, 0) is 25.1 Å². The van der Waals surface area contributed by atoms with Crippen molar-refractivity contribution in [1.82, 2.24) is 0 Å². The zero-order chi connectivity index (χ0) is 15.2. The predicted molar refractivity (Wildman–Crippen MR) is 81.7 cm³/mol. The molecule has 0 saturated carbocycles. The van der Waals surface area contributed by atoms with Gasteiger partial charge >= 0.3 is 0 Å². The highest BCUT2D eigenvalue weighted by molar-refractivity contribution is 6.09. The van der Waals surface area contributed by atoms with Gasteiger partial charge in [-0.15, -0.1) is 0 Å². The van der Waals surface area contributed by atoms with Crippen molar-refractivity contribution in [2.24, 2.45) is 0 Å². The van der Waals surface area contributed by atoms with E-state index in [0.717, 1.165) is 0 Å². The molecule has 0 unspecified atom stereocenters. The summed E-state index contributed by atoms with van der Waals surface area (Å²) in [6.07, 6.45) is 0. The third-order valence-corrected chi connectivity index (χ3v) is 2.87. The largest absolute Gasteiger partial charge is 0.379 e. The molecule has 2 aromatic carbocycles.